The van der Waals surface area contributed by atoms with Crippen molar-refractivity contribution in [1.82, 2.24) is 4.90 Å². The molecule has 0 aromatic rings. The summed E-state index contributed by atoms with van der Waals surface area (Å²) in [6.07, 6.45) is -2.93. The molecule has 2 saturated heterocycles. The highest BCUT2D eigenvalue weighted by atomic mass is 19.3. The largest absolute Gasteiger partial charge is 0.288 e. The van der Waals surface area contributed by atoms with Gasteiger partial charge in [-0.3, -0.25) is 4.90 Å². The molecule has 2 rings (SSSR count). The molecule has 2 fully saturated rings. The van der Waals surface area contributed by atoms with Crippen LogP contribution in [0.15, 0.2) is 23.3 Å². The van der Waals surface area contributed by atoms with Crippen molar-refractivity contribution in [1.29, 1.82) is 0 Å². The molecule has 0 aromatic carbocycles. The monoisotopic (exact) mass is 263 g/mol. The molecule has 5 heteroatoms. The van der Waals surface area contributed by atoms with Crippen LogP contribution in [0.4, 0.5) is 17.6 Å². The van der Waals surface area contributed by atoms with Gasteiger partial charge >= 0.3 is 0 Å². The van der Waals surface area contributed by atoms with Crippen LogP contribution in [0, 0.1) is 5.41 Å². The molecule has 18 heavy (non-hydrogen) atoms. The van der Waals surface area contributed by atoms with Crippen LogP contribution in [0.1, 0.15) is 33.6 Å². The Hall–Kier alpha value is -0.840. The van der Waals surface area contributed by atoms with Crippen LogP contribution in [0.3, 0.4) is 0 Å². The van der Waals surface area contributed by atoms with Crippen molar-refractivity contribution in [3.05, 3.63) is 23.3 Å². The van der Waals surface area contributed by atoms with E-state index < -0.39 is 17.7 Å². The van der Waals surface area contributed by atoms with Crippen molar-refractivity contribution >= 4 is 0 Å². The van der Waals surface area contributed by atoms with Gasteiger partial charge in [0.15, 0.2) is 0 Å². The lowest BCUT2D eigenvalue weighted by Crippen LogP contribution is -2.48. The molecule has 0 atom stereocenters. The van der Waals surface area contributed by atoms with E-state index in [0.717, 1.165) is 0 Å². The van der Waals surface area contributed by atoms with Crippen molar-refractivity contribution in [2.24, 2.45) is 5.41 Å². The zero-order valence-corrected chi connectivity index (χ0v) is 10.8. The van der Waals surface area contributed by atoms with Crippen LogP contribution >= 0.6 is 0 Å². The first-order valence-electron chi connectivity index (χ1n) is 5.98. The summed E-state index contributed by atoms with van der Waals surface area (Å²) in [5.41, 5.74) is -0.710. The second-order valence-electron chi connectivity index (χ2n) is 6.22. The van der Waals surface area contributed by atoms with Gasteiger partial charge in [0.2, 0.25) is 0 Å². The summed E-state index contributed by atoms with van der Waals surface area (Å²) < 4.78 is 51.0. The van der Waals surface area contributed by atoms with Crippen LogP contribution in [0.2, 0.25) is 0 Å². The second-order valence-corrected chi connectivity index (χ2v) is 6.22. The third-order valence-corrected chi connectivity index (χ3v) is 4.31. The molecular weight excluding hydrogens is 246 g/mol. The zero-order valence-electron chi connectivity index (χ0n) is 10.8. The minimum atomic E-state index is -1.65. The summed E-state index contributed by atoms with van der Waals surface area (Å²) >= 11 is 0. The van der Waals surface area contributed by atoms with E-state index in [9.17, 15) is 17.6 Å². The highest BCUT2D eigenvalue weighted by Gasteiger charge is 2.56. The van der Waals surface area contributed by atoms with Crippen molar-refractivity contribution in [3.63, 3.8) is 0 Å². The summed E-state index contributed by atoms with van der Waals surface area (Å²) in [5, 5.41) is 0. The minimum Gasteiger partial charge on any atom is -0.288 e. The van der Waals surface area contributed by atoms with Crippen LogP contribution in [-0.4, -0.2) is 23.5 Å². The Balaban J connectivity index is 2.43. The van der Waals surface area contributed by atoms with E-state index in [1.807, 2.05) is 20.8 Å². The molecule has 0 aliphatic carbocycles. The Labute approximate surface area is 104 Å². The molecule has 2 heterocycles. The van der Waals surface area contributed by atoms with Gasteiger partial charge in [-0.05, 0) is 18.3 Å². The quantitative estimate of drug-likeness (QED) is 0.592. The highest BCUT2D eigenvalue weighted by molar-refractivity contribution is 5.31. The molecule has 0 saturated carbocycles. The van der Waals surface area contributed by atoms with E-state index >= 15 is 0 Å². The summed E-state index contributed by atoms with van der Waals surface area (Å²) in [6.45, 7) is 6.00. The fourth-order valence-corrected chi connectivity index (χ4v) is 3.18. The van der Waals surface area contributed by atoms with Gasteiger partial charge in [-0.25, -0.2) is 0 Å². The molecule has 0 unspecified atom stereocenters. The number of hydrogen-bond acceptors (Lipinski definition) is 1. The standard InChI is InChI=1S/C13H17F4N/c1-12(2,3)13-4-8(10(14)15)6-18(13)7-9(5-13)11(16)17/h4-7H2,1-3H3. The topological polar surface area (TPSA) is 3.24 Å². The van der Waals surface area contributed by atoms with Crippen LogP contribution in [0.25, 0.3) is 0 Å². The fraction of sp³-hybridized carbons (Fsp3) is 0.692. The third-order valence-electron chi connectivity index (χ3n) is 4.31. The maximum Gasteiger partial charge on any atom is 0.270 e. The zero-order chi connectivity index (χ0) is 13.7. The summed E-state index contributed by atoms with van der Waals surface area (Å²) in [7, 11) is 0. The summed E-state index contributed by atoms with van der Waals surface area (Å²) in [4.78, 5) is 1.79. The predicted molar refractivity (Wildman–Crippen MR) is 61.5 cm³/mol. The van der Waals surface area contributed by atoms with E-state index in [1.54, 1.807) is 4.90 Å². The Morgan fingerprint density at radius 3 is 1.56 bits per heavy atom. The number of fused-ring (bicyclic) bond motifs is 1. The van der Waals surface area contributed by atoms with Gasteiger partial charge in [-0.2, -0.15) is 17.6 Å². The molecule has 0 N–H and O–H groups in total. The van der Waals surface area contributed by atoms with Crippen LogP contribution < -0.4 is 0 Å². The van der Waals surface area contributed by atoms with E-state index in [-0.39, 0.29) is 42.5 Å². The first-order chi connectivity index (χ1) is 8.17. The number of nitrogens with zero attached hydrogens (tertiary/aromatic N) is 1. The lowest BCUT2D eigenvalue weighted by molar-refractivity contribution is 0.0645. The van der Waals surface area contributed by atoms with Crippen molar-refractivity contribution in [3.8, 4) is 0 Å². The van der Waals surface area contributed by atoms with Gasteiger partial charge in [-0.1, -0.05) is 20.8 Å². The van der Waals surface area contributed by atoms with Gasteiger partial charge in [0.05, 0.1) is 0 Å². The molecule has 102 valence electrons. The Bertz CT molecular complexity index is 393. The number of rotatable bonds is 0. The minimum absolute atomic E-state index is 0.100. The maximum absolute atomic E-state index is 12.8. The number of halogens is 4. The Morgan fingerprint density at radius 1 is 0.944 bits per heavy atom. The molecule has 1 nitrogen and oxygen atoms in total. The van der Waals surface area contributed by atoms with E-state index in [1.165, 1.54) is 0 Å². The average molecular weight is 263 g/mol. The molecule has 2 aliphatic rings. The lowest BCUT2D eigenvalue weighted by Gasteiger charge is -2.43. The van der Waals surface area contributed by atoms with Crippen molar-refractivity contribution in [2.75, 3.05) is 13.1 Å². The smallest absolute Gasteiger partial charge is 0.270 e. The summed E-state index contributed by atoms with van der Waals surface area (Å²) in [6, 6.07) is 0. The Kier molecular flexibility index (Phi) is 3.08. The molecule has 0 aromatic heterocycles. The Morgan fingerprint density at radius 2 is 1.33 bits per heavy atom. The molecular formula is C13H17F4N. The van der Waals surface area contributed by atoms with E-state index in [0.29, 0.717) is 0 Å². The van der Waals surface area contributed by atoms with Gasteiger partial charge in [0.1, 0.15) is 0 Å². The van der Waals surface area contributed by atoms with Crippen LogP contribution in [0.5, 0.6) is 0 Å². The van der Waals surface area contributed by atoms with Gasteiger partial charge in [-0.15, -0.1) is 0 Å². The van der Waals surface area contributed by atoms with Gasteiger partial charge < -0.3 is 0 Å². The third kappa shape index (κ3) is 1.88. The van der Waals surface area contributed by atoms with Crippen molar-refractivity contribution in [2.45, 2.75) is 39.2 Å². The lowest BCUT2D eigenvalue weighted by atomic mass is 9.70. The van der Waals surface area contributed by atoms with Crippen molar-refractivity contribution < 1.29 is 17.6 Å². The molecule has 0 amide bonds. The van der Waals surface area contributed by atoms with E-state index in [4.69, 9.17) is 0 Å². The second kappa shape index (κ2) is 4.08. The molecule has 0 spiro atoms. The first kappa shape index (κ1) is 13.6. The maximum atomic E-state index is 12.8. The SMILES string of the molecule is CC(C)(C)C12CC(=C(F)F)CN1CC(=C(F)F)C2. The van der Waals surface area contributed by atoms with E-state index in [2.05, 4.69) is 0 Å². The first-order valence-corrected chi connectivity index (χ1v) is 5.98. The summed E-state index contributed by atoms with van der Waals surface area (Å²) in [5.74, 6) is 0. The molecule has 2 aliphatic heterocycles. The highest BCUT2D eigenvalue weighted by Crippen LogP contribution is 2.54. The van der Waals surface area contributed by atoms with Crippen LogP contribution in [-0.2, 0) is 0 Å². The molecule has 0 radical (unpaired) electrons. The predicted octanol–water partition coefficient (Wildman–Crippen LogP) is 4.18. The van der Waals surface area contributed by atoms with Gasteiger partial charge in [0, 0.05) is 29.8 Å². The normalized spacial score (nSPS) is 23.5. The van der Waals surface area contributed by atoms with Gasteiger partial charge in [0.25, 0.3) is 12.2 Å². The fourth-order valence-electron chi connectivity index (χ4n) is 3.18. The molecule has 0 bridgehead atoms. The average Bonchev–Trinajstić information content (AvgIpc) is 2.68. The number of hydrogen-bond donors (Lipinski definition) is 0.